The number of benzene rings is 2. The van der Waals surface area contributed by atoms with Gasteiger partial charge in [0.25, 0.3) is 0 Å². The van der Waals surface area contributed by atoms with Crippen molar-refractivity contribution in [3.63, 3.8) is 0 Å². The summed E-state index contributed by atoms with van der Waals surface area (Å²) in [6.07, 6.45) is -3.45. The number of anilines is 1. The number of carbonyl (C=O) groups excluding carboxylic acids is 1. The summed E-state index contributed by atoms with van der Waals surface area (Å²) < 4.78 is 45.4. The topological polar surface area (TPSA) is 71.3 Å². The van der Waals surface area contributed by atoms with Gasteiger partial charge in [-0.3, -0.25) is 9.69 Å². The molecule has 6 nitrogen and oxygen atoms in total. The molecule has 1 aliphatic rings. The number of hydrogen-bond donors (Lipinski definition) is 1. The van der Waals surface area contributed by atoms with Crippen molar-refractivity contribution in [2.24, 2.45) is 5.92 Å². The molecule has 4 rings (SSSR count). The van der Waals surface area contributed by atoms with E-state index in [-0.39, 0.29) is 17.5 Å². The maximum atomic E-state index is 13.0. The number of carbonyl (C=O) groups is 1. The predicted molar refractivity (Wildman–Crippen MR) is 121 cm³/mol. The average Bonchev–Trinajstić information content (AvgIpc) is 3.23. The normalized spacial score (nSPS) is 15.5. The fourth-order valence-corrected chi connectivity index (χ4v) is 4.30. The molecule has 0 radical (unpaired) electrons. The SMILES string of the molecule is O=C(Nc1ccc(Cl)c(C(F)(F)F)c1)C1CCN(Cc2nc(-c3cccc(Br)c3)no2)CC1. The number of likely N-dealkylation sites (tertiary alicyclic amines) is 1. The summed E-state index contributed by atoms with van der Waals surface area (Å²) in [4.78, 5) is 19.1. The smallest absolute Gasteiger partial charge is 0.338 e. The van der Waals surface area contributed by atoms with Gasteiger partial charge < -0.3 is 9.84 Å². The van der Waals surface area contributed by atoms with Gasteiger partial charge in [0.15, 0.2) is 0 Å². The third kappa shape index (κ3) is 5.93. The molecule has 33 heavy (non-hydrogen) atoms. The third-order valence-corrected chi connectivity index (χ3v) is 6.23. The van der Waals surface area contributed by atoms with Crippen LogP contribution in [0.1, 0.15) is 24.3 Å². The second-order valence-electron chi connectivity index (χ2n) is 7.75. The lowest BCUT2D eigenvalue weighted by Gasteiger charge is -2.30. The van der Waals surface area contributed by atoms with E-state index in [1.807, 2.05) is 24.3 Å². The zero-order chi connectivity index (χ0) is 23.6. The fraction of sp³-hybridized carbons (Fsp3) is 0.318. The predicted octanol–water partition coefficient (Wildman–Crippen LogP) is 6.02. The minimum atomic E-state index is -4.59. The second kappa shape index (κ2) is 9.82. The summed E-state index contributed by atoms with van der Waals surface area (Å²) in [6, 6.07) is 10.9. The summed E-state index contributed by atoms with van der Waals surface area (Å²) in [5.74, 6) is 0.376. The van der Waals surface area contributed by atoms with E-state index in [1.54, 1.807) is 0 Å². The highest BCUT2D eigenvalue weighted by atomic mass is 79.9. The van der Waals surface area contributed by atoms with Gasteiger partial charge in [-0.15, -0.1) is 0 Å². The molecule has 2 heterocycles. The van der Waals surface area contributed by atoms with E-state index in [0.29, 0.717) is 44.2 Å². The molecular formula is C22H19BrClF3N4O2. The Morgan fingerprint density at radius 2 is 1.97 bits per heavy atom. The van der Waals surface area contributed by atoms with Crippen LogP contribution in [0.4, 0.5) is 18.9 Å². The van der Waals surface area contributed by atoms with Crippen LogP contribution in [0.2, 0.25) is 5.02 Å². The molecule has 0 bridgehead atoms. The second-order valence-corrected chi connectivity index (χ2v) is 9.08. The largest absolute Gasteiger partial charge is 0.417 e. The summed E-state index contributed by atoms with van der Waals surface area (Å²) in [5.41, 5.74) is -0.0608. The van der Waals surface area contributed by atoms with Crippen LogP contribution in [-0.4, -0.2) is 34.0 Å². The molecule has 0 unspecified atom stereocenters. The molecule has 1 amide bonds. The number of alkyl halides is 3. The summed E-state index contributed by atoms with van der Waals surface area (Å²) in [6.45, 7) is 1.71. The zero-order valence-electron chi connectivity index (χ0n) is 17.2. The lowest BCUT2D eigenvalue weighted by atomic mass is 9.95. The van der Waals surface area contributed by atoms with Gasteiger partial charge in [-0.05, 0) is 56.3 Å². The van der Waals surface area contributed by atoms with Crippen molar-refractivity contribution in [3.8, 4) is 11.4 Å². The molecule has 1 saturated heterocycles. The van der Waals surface area contributed by atoms with E-state index >= 15 is 0 Å². The average molecular weight is 544 g/mol. The van der Waals surface area contributed by atoms with Crippen molar-refractivity contribution in [1.82, 2.24) is 15.0 Å². The van der Waals surface area contributed by atoms with Gasteiger partial charge in [-0.2, -0.15) is 18.2 Å². The van der Waals surface area contributed by atoms with Crippen molar-refractivity contribution in [2.75, 3.05) is 18.4 Å². The van der Waals surface area contributed by atoms with Crippen molar-refractivity contribution >= 4 is 39.1 Å². The van der Waals surface area contributed by atoms with E-state index in [2.05, 4.69) is 36.3 Å². The number of nitrogens with one attached hydrogen (secondary N) is 1. The van der Waals surface area contributed by atoms with E-state index in [1.165, 1.54) is 6.07 Å². The highest BCUT2D eigenvalue weighted by Crippen LogP contribution is 2.36. The van der Waals surface area contributed by atoms with Crippen molar-refractivity contribution < 1.29 is 22.5 Å². The number of amides is 1. The molecule has 1 aliphatic heterocycles. The van der Waals surface area contributed by atoms with E-state index < -0.39 is 16.8 Å². The summed E-state index contributed by atoms with van der Waals surface area (Å²) >= 11 is 9.05. The summed E-state index contributed by atoms with van der Waals surface area (Å²) in [5, 5.41) is 6.20. The van der Waals surface area contributed by atoms with Gasteiger partial charge in [-0.25, -0.2) is 0 Å². The molecule has 174 valence electrons. The van der Waals surface area contributed by atoms with Gasteiger partial charge in [-0.1, -0.05) is 44.8 Å². The van der Waals surface area contributed by atoms with Crippen LogP contribution in [-0.2, 0) is 17.5 Å². The van der Waals surface area contributed by atoms with Crippen LogP contribution in [0.3, 0.4) is 0 Å². The Balaban J connectivity index is 1.31. The summed E-state index contributed by atoms with van der Waals surface area (Å²) in [7, 11) is 0. The molecule has 3 aromatic rings. The molecule has 1 N–H and O–H groups in total. The van der Waals surface area contributed by atoms with Crippen LogP contribution in [0.15, 0.2) is 51.5 Å². The van der Waals surface area contributed by atoms with Crippen molar-refractivity contribution in [3.05, 3.63) is 63.4 Å². The first-order chi connectivity index (χ1) is 15.7. The van der Waals surface area contributed by atoms with Gasteiger partial charge in [0.1, 0.15) is 0 Å². The Morgan fingerprint density at radius 3 is 2.67 bits per heavy atom. The molecule has 1 aromatic heterocycles. The highest BCUT2D eigenvalue weighted by molar-refractivity contribution is 9.10. The van der Waals surface area contributed by atoms with Crippen molar-refractivity contribution in [1.29, 1.82) is 0 Å². The Kier molecular flexibility index (Phi) is 7.06. The maximum absolute atomic E-state index is 13.0. The first-order valence-corrected chi connectivity index (χ1v) is 11.3. The maximum Gasteiger partial charge on any atom is 0.417 e. The Hall–Kier alpha value is -2.43. The van der Waals surface area contributed by atoms with Crippen LogP contribution < -0.4 is 5.32 Å². The molecule has 0 saturated carbocycles. The van der Waals surface area contributed by atoms with E-state index in [9.17, 15) is 18.0 Å². The number of nitrogens with zero attached hydrogens (tertiary/aromatic N) is 3. The minimum absolute atomic E-state index is 0.0742. The molecule has 2 aromatic carbocycles. The van der Waals surface area contributed by atoms with Gasteiger partial charge >= 0.3 is 6.18 Å². The number of hydrogen-bond acceptors (Lipinski definition) is 5. The van der Waals surface area contributed by atoms with Crippen LogP contribution in [0, 0.1) is 5.92 Å². The molecule has 0 atom stereocenters. The Morgan fingerprint density at radius 1 is 1.21 bits per heavy atom. The minimum Gasteiger partial charge on any atom is -0.338 e. The molecule has 0 spiro atoms. The standard InChI is InChI=1S/C22H19BrClF3N4O2/c23-15-3-1-2-14(10-15)20-29-19(33-30-20)12-31-8-6-13(7-9-31)21(32)28-16-4-5-18(24)17(11-16)22(25,26)27/h1-5,10-11,13H,6-9,12H2,(H,28,32). The van der Waals surface area contributed by atoms with Gasteiger partial charge in [0.2, 0.25) is 17.6 Å². The zero-order valence-corrected chi connectivity index (χ0v) is 19.5. The van der Waals surface area contributed by atoms with Crippen LogP contribution in [0.5, 0.6) is 0 Å². The Labute approximate surface area is 201 Å². The highest BCUT2D eigenvalue weighted by Gasteiger charge is 2.34. The Bertz CT molecular complexity index is 1150. The molecule has 1 fully saturated rings. The van der Waals surface area contributed by atoms with Gasteiger partial charge in [0, 0.05) is 21.6 Å². The third-order valence-electron chi connectivity index (χ3n) is 5.41. The number of piperidine rings is 1. The van der Waals surface area contributed by atoms with Crippen LogP contribution in [0.25, 0.3) is 11.4 Å². The first-order valence-electron chi connectivity index (χ1n) is 10.2. The van der Waals surface area contributed by atoms with Crippen molar-refractivity contribution in [2.45, 2.75) is 25.6 Å². The molecule has 11 heteroatoms. The fourth-order valence-electron chi connectivity index (χ4n) is 3.67. The first kappa shape index (κ1) is 23.7. The lowest BCUT2D eigenvalue weighted by molar-refractivity contribution is -0.137. The number of halogens is 5. The number of rotatable bonds is 5. The monoisotopic (exact) mass is 542 g/mol. The van der Waals surface area contributed by atoms with E-state index in [0.717, 1.165) is 22.2 Å². The van der Waals surface area contributed by atoms with Crippen LogP contribution >= 0.6 is 27.5 Å². The number of aromatic nitrogens is 2. The lowest BCUT2D eigenvalue weighted by Crippen LogP contribution is -2.37. The molecular weight excluding hydrogens is 525 g/mol. The van der Waals surface area contributed by atoms with E-state index in [4.69, 9.17) is 16.1 Å². The molecule has 0 aliphatic carbocycles. The van der Waals surface area contributed by atoms with Gasteiger partial charge in [0.05, 0.1) is 17.1 Å². The quantitative estimate of drug-likeness (QED) is 0.426.